The second-order valence-corrected chi connectivity index (χ2v) is 5.33. The van der Waals surface area contributed by atoms with Crippen molar-refractivity contribution in [1.29, 1.82) is 0 Å². The van der Waals surface area contributed by atoms with E-state index in [0.29, 0.717) is 17.8 Å². The van der Waals surface area contributed by atoms with Crippen LogP contribution in [0.2, 0.25) is 0 Å². The molecule has 1 aromatic rings. The van der Waals surface area contributed by atoms with Crippen LogP contribution in [0.1, 0.15) is 35.2 Å². The minimum atomic E-state index is -1.03. The van der Waals surface area contributed by atoms with Gasteiger partial charge in [-0.2, -0.15) is 0 Å². The van der Waals surface area contributed by atoms with Crippen molar-refractivity contribution < 1.29 is 14.7 Å². The van der Waals surface area contributed by atoms with E-state index in [0.717, 1.165) is 19.3 Å². The Labute approximate surface area is 118 Å². The summed E-state index contributed by atoms with van der Waals surface area (Å²) in [5.74, 6) is -1.05. The fraction of sp³-hybridized carbons (Fsp3) is 0.467. The Hall–Kier alpha value is -1.88. The summed E-state index contributed by atoms with van der Waals surface area (Å²) in [6.45, 7) is 2.22. The van der Waals surface area contributed by atoms with Crippen LogP contribution in [-0.2, 0) is 4.79 Å². The van der Waals surface area contributed by atoms with E-state index in [4.69, 9.17) is 5.73 Å². The molecular weight excluding hydrogens is 256 g/mol. The lowest BCUT2D eigenvalue weighted by Crippen LogP contribution is -2.30. The highest BCUT2D eigenvalue weighted by Gasteiger charge is 2.32. The number of aromatic carboxylic acids is 1. The molecule has 1 aliphatic rings. The van der Waals surface area contributed by atoms with Crippen molar-refractivity contribution in [2.24, 2.45) is 17.6 Å². The molecule has 0 radical (unpaired) electrons. The maximum Gasteiger partial charge on any atom is 0.338 e. The fourth-order valence-corrected chi connectivity index (χ4v) is 2.95. The quantitative estimate of drug-likeness (QED) is 0.784. The van der Waals surface area contributed by atoms with E-state index in [1.807, 2.05) is 0 Å². The maximum atomic E-state index is 12.3. The number of anilines is 1. The van der Waals surface area contributed by atoms with Crippen LogP contribution in [0, 0.1) is 18.8 Å². The van der Waals surface area contributed by atoms with Gasteiger partial charge in [-0.3, -0.25) is 4.79 Å². The summed E-state index contributed by atoms with van der Waals surface area (Å²) in [6.07, 6.45) is 2.79. The number of benzene rings is 1. The number of rotatable bonds is 4. The van der Waals surface area contributed by atoms with Gasteiger partial charge in [0.1, 0.15) is 0 Å². The van der Waals surface area contributed by atoms with Gasteiger partial charge in [0.2, 0.25) is 5.91 Å². The highest BCUT2D eigenvalue weighted by molar-refractivity contribution is 6.02. The molecule has 1 fully saturated rings. The molecule has 1 amide bonds. The lowest BCUT2D eigenvalue weighted by Gasteiger charge is -2.18. The molecule has 0 bridgehead atoms. The zero-order chi connectivity index (χ0) is 14.7. The first-order valence-corrected chi connectivity index (χ1v) is 6.88. The first-order valence-electron chi connectivity index (χ1n) is 6.88. The van der Waals surface area contributed by atoms with Crippen LogP contribution in [0.5, 0.6) is 0 Å². The van der Waals surface area contributed by atoms with Crippen LogP contribution >= 0.6 is 0 Å². The minimum absolute atomic E-state index is 0.109. The first-order chi connectivity index (χ1) is 9.54. The van der Waals surface area contributed by atoms with Crippen LogP contribution in [-0.4, -0.2) is 23.5 Å². The summed E-state index contributed by atoms with van der Waals surface area (Å²) >= 11 is 0. The number of carboxylic acids is 1. The molecule has 2 unspecified atom stereocenters. The Balaban J connectivity index is 2.20. The molecule has 1 aliphatic carbocycles. The number of carboxylic acid groups (broad SMARTS) is 1. The molecule has 1 aromatic carbocycles. The molecule has 2 atom stereocenters. The van der Waals surface area contributed by atoms with Crippen molar-refractivity contribution in [2.75, 3.05) is 11.9 Å². The number of nitrogens with one attached hydrogen (secondary N) is 1. The number of hydrogen-bond acceptors (Lipinski definition) is 3. The van der Waals surface area contributed by atoms with Gasteiger partial charge in [-0.1, -0.05) is 18.6 Å². The van der Waals surface area contributed by atoms with Gasteiger partial charge >= 0.3 is 5.97 Å². The molecule has 5 heteroatoms. The second-order valence-electron chi connectivity index (χ2n) is 5.33. The Bertz CT molecular complexity index is 528. The van der Waals surface area contributed by atoms with Gasteiger partial charge in [0.05, 0.1) is 11.3 Å². The molecule has 0 heterocycles. The molecule has 5 nitrogen and oxygen atoms in total. The standard InChI is InChI=1S/C15H20N2O3/c1-9-4-2-7-12(13(9)15(19)20)17-14(18)11-6-3-5-10(11)8-16/h2,4,7,10-11H,3,5-6,8,16H2,1H3,(H,17,18)(H,19,20). The van der Waals surface area contributed by atoms with Crippen molar-refractivity contribution in [3.05, 3.63) is 29.3 Å². The zero-order valence-electron chi connectivity index (χ0n) is 11.6. The molecular formula is C15H20N2O3. The molecule has 0 saturated heterocycles. The van der Waals surface area contributed by atoms with Gasteiger partial charge in [-0.15, -0.1) is 0 Å². The van der Waals surface area contributed by atoms with Gasteiger partial charge in [-0.25, -0.2) is 4.79 Å². The molecule has 2 rings (SSSR count). The largest absolute Gasteiger partial charge is 0.478 e. The predicted molar refractivity (Wildman–Crippen MR) is 76.7 cm³/mol. The summed E-state index contributed by atoms with van der Waals surface area (Å²) in [4.78, 5) is 23.6. The van der Waals surface area contributed by atoms with Crippen LogP contribution in [0.25, 0.3) is 0 Å². The highest BCUT2D eigenvalue weighted by Crippen LogP contribution is 2.32. The summed E-state index contributed by atoms with van der Waals surface area (Å²) < 4.78 is 0. The topological polar surface area (TPSA) is 92.4 Å². The number of carbonyl (C=O) groups is 2. The summed E-state index contributed by atoms with van der Waals surface area (Å²) in [5.41, 5.74) is 6.84. The minimum Gasteiger partial charge on any atom is -0.478 e. The van der Waals surface area contributed by atoms with Crippen molar-refractivity contribution in [3.63, 3.8) is 0 Å². The molecule has 20 heavy (non-hydrogen) atoms. The number of carbonyl (C=O) groups excluding carboxylic acids is 1. The third-order valence-electron chi connectivity index (χ3n) is 4.04. The number of hydrogen-bond donors (Lipinski definition) is 3. The van der Waals surface area contributed by atoms with Gasteiger partial charge in [0.25, 0.3) is 0 Å². The molecule has 108 valence electrons. The van der Waals surface area contributed by atoms with E-state index in [-0.39, 0.29) is 23.3 Å². The molecule has 1 saturated carbocycles. The van der Waals surface area contributed by atoms with E-state index < -0.39 is 5.97 Å². The Morgan fingerprint density at radius 1 is 1.40 bits per heavy atom. The van der Waals surface area contributed by atoms with E-state index in [1.165, 1.54) is 0 Å². The third kappa shape index (κ3) is 2.82. The van der Waals surface area contributed by atoms with E-state index in [1.54, 1.807) is 25.1 Å². The average molecular weight is 276 g/mol. The molecule has 0 aliphatic heterocycles. The lowest BCUT2D eigenvalue weighted by atomic mass is 9.95. The fourth-order valence-electron chi connectivity index (χ4n) is 2.95. The monoisotopic (exact) mass is 276 g/mol. The summed E-state index contributed by atoms with van der Waals surface area (Å²) in [7, 11) is 0. The summed E-state index contributed by atoms with van der Waals surface area (Å²) in [5, 5.41) is 12.0. The van der Waals surface area contributed by atoms with Crippen LogP contribution in [0.15, 0.2) is 18.2 Å². The zero-order valence-corrected chi connectivity index (χ0v) is 11.6. The van der Waals surface area contributed by atoms with Crippen LogP contribution < -0.4 is 11.1 Å². The number of aryl methyl sites for hydroxylation is 1. The number of nitrogens with two attached hydrogens (primary N) is 1. The smallest absolute Gasteiger partial charge is 0.338 e. The molecule has 4 N–H and O–H groups in total. The second kappa shape index (κ2) is 6.05. The van der Waals surface area contributed by atoms with Crippen molar-refractivity contribution in [1.82, 2.24) is 0 Å². The Kier molecular flexibility index (Phi) is 4.39. The molecule has 0 spiro atoms. The van der Waals surface area contributed by atoms with Gasteiger partial charge < -0.3 is 16.2 Å². The Morgan fingerprint density at radius 2 is 2.15 bits per heavy atom. The Morgan fingerprint density at radius 3 is 2.80 bits per heavy atom. The van der Waals surface area contributed by atoms with Gasteiger partial charge in [-0.05, 0) is 43.9 Å². The average Bonchev–Trinajstić information content (AvgIpc) is 2.86. The number of amides is 1. The SMILES string of the molecule is Cc1cccc(NC(=O)C2CCCC2CN)c1C(=O)O. The van der Waals surface area contributed by atoms with Crippen molar-refractivity contribution >= 4 is 17.6 Å². The van der Waals surface area contributed by atoms with Gasteiger partial charge in [0, 0.05) is 5.92 Å². The normalized spacial score (nSPS) is 21.7. The van der Waals surface area contributed by atoms with Gasteiger partial charge in [0.15, 0.2) is 0 Å². The predicted octanol–water partition coefficient (Wildman–Crippen LogP) is 2.01. The lowest BCUT2D eigenvalue weighted by molar-refractivity contribution is -0.120. The highest BCUT2D eigenvalue weighted by atomic mass is 16.4. The third-order valence-corrected chi connectivity index (χ3v) is 4.04. The maximum absolute atomic E-state index is 12.3. The van der Waals surface area contributed by atoms with Crippen LogP contribution in [0.4, 0.5) is 5.69 Å². The molecule has 0 aromatic heterocycles. The van der Waals surface area contributed by atoms with E-state index in [9.17, 15) is 14.7 Å². The van der Waals surface area contributed by atoms with E-state index >= 15 is 0 Å². The van der Waals surface area contributed by atoms with Crippen molar-refractivity contribution in [2.45, 2.75) is 26.2 Å². The summed E-state index contributed by atoms with van der Waals surface area (Å²) in [6, 6.07) is 5.09. The first kappa shape index (κ1) is 14.5. The van der Waals surface area contributed by atoms with E-state index in [2.05, 4.69) is 5.32 Å². The van der Waals surface area contributed by atoms with Crippen molar-refractivity contribution in [3.8, 4) is 0 Å². The van der Waals surface area contributed by atoms with Crippen LogP contribution in [0.3, 0.4) is 0 Å².